The first-order chi connectivity index (χ1) is 14.8. The van der Waals surface area contributed by atoms with Crippen LogP contribution in [0.15, 0.2) is 71.6 Å². The van der Waals surface area contributed by atoms with E-state index in [1.807, 2.05) is 12.3 Å². The summed E-state index contributed by atoms with van der Waals surface area (Å²) < 4.78 is 33.3. The minimum Gasteiger partial charge on any atom is -0.506 e. The molecule has 1 amide bonds. The molecule has 0 saturated heterocycles. The number of ether oxygens (including phenoxy) is 1. The zero-order chi connectivity index (χ0) is 22.4. The number of nitrogens with one attached hydrogen (secondary N) is 2. The van der Waals surface area contributed by atoms with Crippen LogP contribution in [-0.4, -0.2) is 32.8 Å². The van der Waals surface area contributed by atoms with E-state index >= 15 is 0 Å². The molecule has 0 aliphatic heterocycles. The van der Waals surface area contributed by atoms with Gasteiger partial charge in [0, 0.05) is 11.3 Å². The number of hydrogen-bond acceptors (Lipinski definition) is 6. The van der Waals surface area contributed by atoms with Crippen molar-refractivity contribution in [2.75, 3.05) is 23.4 Å². The topological polar surface area (TPSA) is 105 Å². The molecule has 3 aromatic carbocycles. The first-order valence-electron chi connectivity index (χ1n) is 9.22. The zero-order valence-electron chi connectivity index (χ0n) is 17.0. The summed E-state index contributed by atoms with van der Waals surface area (Å²) in [5.74, 6) is 0.424. The van der Waals surface area contributed by atoms with E-state index in [1.54, 1.807) is 54.2 Å². The predicted octanol–water partition coefficient (Wildman–Crippen LogP) is 4.32. The third-order valence-corrected chi connectivity index (χ3v) is 6.36. The highest BCUT2D eigenvalue weighted by molar-refractivity contribution is 7.97. The number of aromatic hydroxyl groups is 1. The fourth-order valence-electron chi connectivity index (χ4n) is 2.88. The highest BCUT2D eigenvalue weighted by Gasteiger charge is 2.19. The summed E-state index contributed by atoms with van der Waals surface area (Å²) in [6.07, 6.45) is 1.97. The second kappa shape index (κ2) is 9.76. The Bertz CT molecular complexity index is 1200. The van der Waals surface area contributed by atoms with Crippen LogP contribution < -0.4 is 14.8 Å². The monoisotopic (exact) mass is 458 g/mol. The number of phenols is 1. The molecule has 0 atom stereocenters. The fourth-order valence-corrected chi connectivity index (χ4v) is 4.49. The summed E-state index contributed by atoms with van der Waals surface area (Å²) in [5, 5.41) is 12.7. The van der Waals surface area contributed by atoms with Crippen molar-refractivity contribution in [3.8, 4) is 11.5 Å². The molecule has 0 radical (unpaired) electrons. The van der Waals surface area contributed by atoms with Gasteiger partial charge in [-0.1, -0.05) is 24.3 Å². The number of phenolic OH excluding ortho intramolecular Hbond substituents is 1. The molecule has 0 aromatic heterocycles. The number of methoxy groups -OCH3 is 1. The number of benzene rings is 3. The van der Waals surface area contributed by atoms with Gasteiger partial charge >= 0.3 is 0 Å². The number of anilines is 2. The van der Waals surface area contributed by atoms with E-state index in [0.29, 0.717) is 11.3 Å². The summed E-state index contributed by atoms with van der Waals surface area (Å²) in [4.78, 5) is 12.5. The van der Waals surface area contributed by atoms with Gasteiger partial charge in [-0.2, -0.15) is 11.8 Å². The Morgan fingerprint density at radius 3 is 2.55 bits per heavy atom. The van der Waals surface area contributed by atoms with E-state index in [9.17, 15) is 18.3 Å². The minimum absolute atomic E-state index is 0.0110. The van der Waals surface area contributed by atoms with Crippen molar-refractivity contribution in [3.63, 3.8) is 0 Å². The zero-order valence-corrected chi connectivity index (χ0v) is 18.6. The van der Waals surface area contributed by atoms with Crippen molar-refractivity contribution in [1.29, 1.82) is 0 Å². The highest BCUT2D eigenvalue weighted by atomic mass is 32.2. The third kappa shape index (κ3) is 5.50. The quantitative estimate of drug-likeness (QED) is 0.434. The second-order valence-corrected chi connectivity index (χ2v) is 9.12. The molecule has 3 aromatic rings. The van der Waals surface area contributed by atoms with Crippen molar-refractivity contribution in [3.05, 3.63) is 77.9 Å². The third-order valence-electron chi connectivity index (χ3n) is 4.38. The molecule has 0 aliphatic carbocycles. The Labute approximate surface area is 185 Å². The SMILES string of the molecule is COc1ccccc1NS(=O)(=O)c1ccc(O)c(NC(=O)c2cccc(CSC)c2)c1. The summed E-state index contributed by atoms with van der Waals surface area (Å²) in [6.45, 7) is 0. The molecule has 0 saturated carbocycles. The minimum atomic E-state index is -3.99. The summed E-state index contributed by atoms with van der Waals surface area (Å²) >= 11 is 1.64. The van der Waals surface area contributed by atoms with Crippen molar-refractivity contribution < 1.29 is 23.1 Å². The van der Waals surface area contributed by atoms with Crippen LogP contribution in [0.1, 0.15) is 15.9 Å². The van der Waals surface area contributed by atoms with Crippen molar-refractivity contribution in [2.24, 2.45) is 0 Å². The molecule has 0 unspecified atom stereocenters. The Kier molecular flexibility index (Phi) is 7.09. The molecule has 0 heterocycles. The molecule has 3 rings (SSSR count). The molecule has 162 valence electrons. The molecule has 7 nitrogen and oxygen atoms in total. The summed E-state index contributed by atoms with van der Waals surface area (Å²) in [7, 11) is -2.55. The lowest BCUT2D eigenvalue weighted by atomic mass is 10.1. The van der Waals surface area contributed by atoms with Crippen LogP contribution in [0.5, 0.6) is 11.5 Å². The smallest absolute Gasteiger partial charge is 0.262 e. The van der Waals surface area contributed by atoms with E-state index in [0.717, 1.165) is 11.3 Å². The maximum Gasteiger partial charge on any atom is 0.262 e. The Morgan fingerprint density at radius 2 is 1.81 bits per heavy atom. The largest absolute Gasteiger partial charge is 0.506 e. The van der Waals surface area contributed by atoms with Gasteiger partial charge in [-0.25, -0.2) is 8.42 Å². The van der Waals surface area contributed by atoms with Crippen LogP contribution in [-0.2, 0) is 15.8 Å². The molecule has 0 bridgehead atoms. The average molecular weight is 459 g/mol. The van der Waals surface area contributed by atoms with Crippen LogP contribution in [0, 0.1) is 0 Å². The van der Waals surface area contributed by atoms with E-state index in [4.69, 9.17) is 4.74 Å². The van der Waals surface area contributed by atoms with Crippen LogP contribution in [0.2, 0.25) is 0 Å². The number of amides is 1. The standard InChI is InChI=1S/C22H22N2O5S2/c1-29-21-9-4-3-8-18(21)24-31(27,28)17-10-11-20(25)19(13-17)23-22(26)16-7-5-6-15(12-16)14-30-2/h3-13,24-25H,14H2,1-2H3,(H,23,26). The number of carbonyl (C=O) groups excluding carboxylic acids is 1. The molecule has 0 fully saturated rings. The van der Waals surface area contributed by atoms with Gasteiger partial charge in [0.1, 0.15) is 11.5 Å². The van der Waals surface area contributed by atoms with Gasteiger partial charge < -0.3 is 15.2 Å². The number of hydrogen-bond donors (Lipinski definition) is 3. The number of carbonyl (C=O) groups is 1. The Morgan fingerprint density at radius 1 is 1.03 bits per heavy atom. The van der Waals surface area contributed by atoms with E-state index < -0.39 is 15.9 Å². The van der Waals surface area contributed by atoms with Gasteiger partial charge in [0.25, 0.3) is 15.9 Å². The molecule has 3 N–H and O–H groups in total. The van der Waals surface area contributed by atoms with Crippen LogP contribution in [0.25, 0.3) is 0 Å². The van der Waals surface area contributed by atoms with E-state index in [1.165, 1.54) is 25.3 Å². The van der Waals surface area contributed by atoms with Crippen LogP contribution >= 0.6 is 11.8 Å². The molecule has 0 aliphatic rings. The van der Waals surface area contributed by atoms with Gasteiger partial charge in [-0.3, -0.25) is 9.52 Å². The molecule has 9 heteroatoms. The van der Waals surface area contributed by atoms with Crippen molar-refractivity contribution >= 4 is 39.1 Å². The predicted molar refractivity (Wildman–Crippen MR) is 124 cm³/mol. The lowest BCUT2D eigenvalue weighted by Gasteiger charge is -2.13. The molecule has 31 heavy (non-hydrogen) atoms. The number of sulfonamides is 1. The van der Waals surface area contributed by atoms with Gasteiger partial charge in [-0.15, -0.1) is 0 Å². The first kappa shape index (κ1) is 22.5. The van der Waals surface area contributed by atoms with Gasteiger partial charge in [0.05, 0.1) is 23.4 Å². The van der Waals surface area contributed by atoms with Gasteiger partial charge in [0.2, 0.25) is 0 Å². The van der Waals surface area contributed by atoms with Gasteiger partial charge in [-0.05, 0) is 54.3 Å². The lowest BCUT2D eigenvalue weighted by molar-refractivity contribution is 0.102. The molecular formula is C22H22N2O5S2. The maximum atomic E-state index is 12.8. The average Bonchev–Trinajstić information content (AvgIpc) is 2.75. The number of thioether (sulfide) groups is 1. The van der Waals surface area contributed by atoms with Crippen molar-refractivity contribution in [2.45, 2.75) is 10.6 Å². The maximum absolute atomic E-state index is 12.8. The molecular weight excluding hydrogens is 436 g/mol. The normalized spacial score (nSPS) is 11.0. The van der Waals surface area contributed by atoms with Crippen molar-refractivity contribution in [1.82, 2.24) is 0 Å². The first-order valence-corrected chi connectivity index (χ1v) is 12.1. The lowest BCUT2D eigenvalue weighted by Crippen LogP contribution is -2.15. The van der Waals surface area contributed by atoms with E-state index in [-0.39, 0.29) is 22.0 Å². The van der Waals surface area contributed by atoms with Gasteiger partial charge in [0.15, 0.2) is 0 Å². The van der Waals surface area contributed by atoms with Crippen LogP contribution in [0.3, 0.4) is 0 Å². The van der Waals surface area contributed by atoms with Crippen LogP contribution in [0.4, 0.5) is 11.4 Å². The van der Waals surface area contributed by atoms with E-state index in [2.05, 4.69) is 10.0 Å². The second-order valence-electron chi connectivity index (χ2n) is 6.57. The molecule has 0 spiro atoms. The fraction of sp³-hybridized carbons (Fsp3) is 0.136. The Balaban J connectivity index is 1.86. The summed E-state index contributed by atoms with van der Waals surface area (Å²) in [6, 6.07) is 17.4. The number of para-hydroxylation sites is 2. The number of rotatable bonds is 8. The highest BCUT2D eigenvalue weighted by Crippen LogP contribution is 2.30. The summed E-state index contributed by atoms with van der Waals surface area (Å²) in [5.41, 5.74) is 1.66. The Hall–Kier alpha value is -3.17.